The van der Waals surface area contributed by atoms with E-state index in [1.54, 1.807) is 96.9 Å². The van der Waals surface area contributed by atoms with Gasteiger partial charge in [0.05, 0.1) is 89.7 Å². The number of benzene rings is 4. The van der Waals surface area contributed by atoms with Gasteiger partial charge in [0.2, 0.25) is 0 Å². The maximum Gasteiger partial charge on any atom is 0.534 e. The molecule has 0 amide bonds. The number of rotatable bonds is 27. The fourth-order valence-electron chi connectivity index (χ4n) is 10.4. The van der Waals surface area contributed by atoms with Gasteiger partial charge in [0.15, 0.2) is 67.6 Å². The average Bonchev–Trinajstić information content (AvgIpc) is 1.50. The van der Waals surface area contributed by atoms with Crippen molar-refractivity contribution in [2.75, 3.05) is 26.4 Å². The van der Waals surface area contributed by atoms with Gasteiger partial charge in [-0.1, -0.05) is 6.58 Å². The number of aldehydes is 1. The molecule has 0 spiro atoms. The molecule has 0 radical (unpaired) electrons. The van der Waals surface area contributed by atoms with Crippen LogP contribution in [0.15, 0.2) is 34.8 Å². The number of ether oxygens (including phenoxy) is 8. The summed E-state index contributed by atoms with van der Waals surface area (Å²) in [6, 6.07) is 5.61. The Balaban J connectivity index is 0.000000294. The summed E-state index contributed by atoms with van der Waals surface area (Å²) in [4.78, 5) is 77.6. The van der Waals surface area contributed by atoms with E-state index in [0.29, 0.717) is 22.6 Å². The lowest BCUT2D eigenvalue weighted by Gasteiger charge is -2.28. The third kappa shape index (κ3) is 27.1. The molecule has 29 nitrogen and oxygen atoms in total. The monoisotopic (exact) mass is 2000 g/mol. The summed E-state index contributed by atoms with van der Waals surface area (Å²) in [5, 5.41) is -0.564. The van der Waals surface area contributed by atoms with Crippen LogP contribution in [-0.4, -0.2) is 155 Å². The first-order valence-corrected chi connectivity index (χ1v) is 45.1. The molecule has 4 atom stereocenters. The van der Waals surface area contributed by atoms with E-state index < -0.39 is 178 Å². The molecule has 8 aromatic rings. The average molecular weight is 2000 g/mol. The Labute approximate surface area is 725 Å². The van der Waals surface area contributed by atoms with Crippen LogP contribution in [0.4, 0.5) is 61.5 Å². The first kappa shape index (κ1) is 107. The van der Waals surface area contributed by atoms with Crippen LogP contribution in [0.5, 0.6) is 23.0 Å². The number of halogens is 15. The molecule has 692 valence electrons. The molecule has 0 aliphatic carbocycles. The van der Waals surface area contributed by atoms with Crippen molar-refractivity contribution in [1.82, 2.24) is 19.9 Å². The highest BCUT2D eigenvalue weighted by Gasteiger charge is 2.54. The predicted octanol–water partition coefficient (Wildman–Crippen LogP) is 19.2. The molecule has 8 rings (SSSR count). The number of nitrogens with zero attached hydrogens (tertiary/aromatic N) is 4. The van der Waals surface area contributed by atoms with Crippen LogP contribution in [0.3, 0.4) is 0 Å². The third-order valence-corrected chi connectivity index (χ3v) is 23.3. The molecule has 0 saturated heterocycles. The standard InChI is InChI=1S/C19H22F3NO6S2.C18H20F5NO6S2.C18H20F3NO7S2.C17H19BrF3NO6S2/c1-7-12-23-11-9-10(3)13(15(17(24)27-8-2)28-18(4,5)6)14(16(11)30-12)29-31(25,26)19(20,21)22;1-6-28-16(25)12(29-17(3,4)5)10-8(2)7-9-13(31-15(24-9)14(19)20)11(10)30-32(26,27)18(21,22)23;1-6-27-16(24)14(28-17(3,4)5)12-9(2)7-10-15(30-11(8-23)22-10)13(12)29-31(25,26)18(19,20)21;1-6-26-14(23)12(27-16(3,4)5)10-8(2)7-9-13(29-15(18)22-9)11(10)28-30(24,25)17(19,20)21/h7,9,15H,1,8H2,2-6H3;7,12,14H,6H2,1-5H3;7-8,14H,6H2,1-5H3;7,12H,6H2,1-5H3/t15-;12-;14-;12-/m0000/s1. The van der Waals surface area contributed by atoms with Gasteiger partial charge < -0.3 is 54.6 Å². The molecule has 124 heavy (non-hydrogen) atoms. The van der Waals surface area contributed by atoms with Crippen molar-refractivity contribution >= 4 is 179 Å². The summed E-state index contributed by atoms with van der Waals surface area (Å²) in [7, 11) is -24.4. The maximum atomic E-state index is 13.2. The van der Waals surface area contributed by atoms with E-state index in [9.17, 15) is 119 Å². The fourth-order valence-corrected chi connectivity index (χ4v) is 16.7. The molecule has 0 aliphatic heterocycles. The predicted molar refractivity (Wildman–Crippen MR) is 429 cm³/mol. The number of hydrogen-bond donors (Lipinski definition) is 0. The zero-order valence-electron chi connectivity index (χ0n) is 68.8. The van der Waals surface area contributed by atoms with E-state index in [4.69, 9.17) is 37.9 Å². The highest BCUT2D eigenvalue weighted by atomic mass is 79.9. The van der Waals surface area contributed by atoms with Gasteiger partial charge in [0.25, 0.3) is 6.43 Å². The molecule has 0 bridgehead atoms. The second-order valence-corrected chi connectivity index (χ2v) is 40.8. The SMILES string of the molecule is C=Cc1nc2cc(C)c([C@H](OC(C)(C)C)C(=O)OCC)c(OS(=O)(=O)C(F)(F)F)c2s1.CCOC(=O)[C@@H](OC(C)(C)C)c1c(C)cc2nc(Br)sc2c1OS(=O)(=O)C(F)(F)F.CCOC(=O)[C@@H](OC(C)(C)C)c1c(C)cc2nc(C(F)F)sc2c1OS(=O)(=O)C(F)(F)F.CCOC(=O)[C@@H](OC(C)(C)C)c1c(C)cc2nc(C=O)sc2c1OS(=O)(=O)C(F)(F)F. The molecule has 0 saturated carbocycles. The van der Waals surface area contributed by atoms with Crippen molar-refractivity contribution in [2.24, 2.45) is 0 Å². The number of esters is 4. The Morgan fingerprint density at radius 1 is 0.395 bits per heavy atom. The van der Waals surface area contributed by atoms with Crippen molar-refractivity contribution in [3.63, 3.8) is 0 Å². The Bertz CT molecular complexity index is 5590. The summed E-state index contributed by atoms with van der Waals surface area (Å²) in [5.41, 5.74) is -27.0. The minimum absolute atomic E-state index is 0.00195. The van der Waals surface area contributed by atoms with E-state index in [1.165, 1.54) is 71.9 Å². The van der Waals surface area contributed by atoms with Crippen LogP contribution in [0, 0.1) is 27.7 Å². The maximum absolute atomic E-state index is 13.2. The lowest BCUT2D eigenvalue weighted by molar-refractivity contribution is -0.167. The van der Waals surface area contributed by atoms with Crippen LogP contribution >= 0.6 is 61.3 Å². The molecular weight excluding hydrogens is 1920 g/mol. The Kier molecular flexibility index (Phi) is 34.5. The largest absolute Gasteiger partial charge is 0.534 e. The number of carbonyl (C=O) groups excluding carboxylic acids is 5. The number of alkyl halides is 14. The Morgan fingerprint density at radius 3 is 0.847 bits per heavy atom. The van der Waals surface area contributed by atoms with E-state index in [0.717, 1.165) is 22.7 Å². The van der Waals surface area contributed by atoms with Gasteiger partial charge in [-0.25, -0.2) is 47.9 Å². The van der Waals surface area contributed by atoms with Crippen LogP contribution in [0.2, 0.25) is 0 Å². The van der Waals surface area contributed by atoms with Gasteiger partial charge in [-0.2, -0.15) is 86.4 Å². The van der Waals surface area contributed by atoms with Gasteiger partial charge in [-0.05, 0) is 207 Å². The number of aryl methyl sites for hydroxylation is 4. The number of hydrogen-bond acceptors (Lipinski definition) is 33. The first-order valence-electron chi connectivity index (χ1n) is 35.5. The van der Waals surface area contributed by atoms with Gasteiger partial charge in [-0.3, -0.25) is 4.79 Å². The number of thiazole rings is 4. The Hall–Kier alpha value is -7.93. The second-order valence-electron chi connectivity index (χ2n) is 29.3. The zero-order chi connectivity index (χ0) is 95.3. The number of aromatic nitrogens is 4. The minimum Gasteiger partial charge on any atom is -0.464 e. The van der Waals surface area contributed by atoms with Crippen molar-refractivity contribution < 1.29 is 174 Å². The van der Waals surface area contributed by atoms with Crippen molar-refractivity contribution in [3.05, 3.63) is 94.3 Å². The van der Waals surface area contributed by atoms with Crippen LogP contribution in [-0.2, 0) is 97.5 Å². The van der Waals surface area contributed by atoms with Crippen LogP contribution in [0.25, 0.3) is 46.9 Å². The number of carbonyl (C=O) groups is 5. The summed E-state index contributed by atoms with van der Waals surface area (Å²) in [6.07, 6.45) is -7.76. The molecule has 52 heteroatoms. The topological polar surface area (TPSA) is 384 Å². The molecule has 4 aromatic heterocycles. The minimum atomic E-state index is -6.22. The van der Waals surface area contributed by atoms with E-state index in [1.807, 2.05) is 0 Å². The fraction of sp³-hybridized carbons (Fsp3) is 0.514. The third-order valence-electron chi connectivity index (χ3n) is 14.9. The summed E-state index contributed by atoms with van der Waals surface area (Å²) in [6.45, 7) is 34.3. The van der Waals surface area contributed by atoms with Crippen LogP contribution < -0.4 is 16.7 Å². The molecular formula is C72H81BrF14N4O25S8. The normalized spacial score (nSPS) is 13.9. The molecule has 0 N–H and O–H groups in total. The quantitative estimate of drug-likeness (QED) is 0.0115. The smallest absolute Gasteiger partial charge is 0.464 e. The van der Waals surface area contributed by atoms with Gasteiger partial charge in [0.1, 0.15) is 5.01 Å². The highest BCUT2D eigenvalue weighted by Crippen LogP contribution is 2.51. The van der Waals surface area contributed by atoms with E-state index >= 15 is 0 Å². The molecule has 0 unspecified atom stereocenters. The van der Waals surface area contributed by atoms with Crippen molar-refractivity contribution in [2.45, 2.75) is 214 Å². The molecule has 4 aromatic carbocycles. The first-order chi connectivity index (χ1) is 56.3. The molecule has 4 heterocycles. The van der Waals surface area contributed by atoms with Gasteiger partial charge >= 0.3 is 86.4 Å². The van der Waals surface area contributed by atoms with E-state index in [-0.39, 0.29) is 122 Å². The zero-order valence-corrected chi connectivity index (χ0v) is 76.9. The Morgan fingerprint density at radius 2 is 0.621 bits per heavy atom. The molecule has 0 aliphatic rings. The van der Waals surface area contributed by atoms with Crippen LogP contribution in [0.1, 0.15) is 206 Å². The van der Waals surface area contributed by atoms with E-state index in [2.05, 4.69) is 59.2 Å². The van der Waals surface area contributed by atoms with Crippen molar-refractivity contribution in [1.29, 1.82) is 0 Å². The lowest BCUT2D eigenvalue weighted by atomic mass is 10.00. The molecule has 0 fully saturated rings. The number of fused-ring (bicyclic) bond motifs is 4. The summed E-state index contributed by atoms with van der Waals surface area (Å²) >= 11 is 5.70. The van der Waals surface area contributed by atoms with Gasteiger partial charge in [-0.15, -0.1) is 45.3 Å². The lowest BCUT2D eigenvalue weighted by Crippen LogP contribution is -2.31. The summed E-state index contributed by atoms with van der Waals surface area (Å²) < 4.78 is 338. The van der Waals surface area contributed by atoms with Crippen molar-refractivity contribution in [3.8, 4) is 23.0 Å². The second kappa shape index (κ2) is 40.2. The highest BCUT2D eigenvalue weighted by molar-refractivity contribution is 9.11. The van der Waals surface area contributed by atoms with Gasteiger partial charge in [0, 0.05) is 22.3 Å². The summed E-state index contributed by atoms with van der Waals surface area (Å²) in [5.74, 6) is -6.89.